The van der Waals surface area contributed by atoms with Crippen molar-refractivity contribution in [2.75, 3.05) is 0 Å². The van der Waals surface area contributed by atoms with E-state index in [0.29, 0.717) is 12.2 Å². The Bertz CT molecular complexity index is 555. The number of aromatic nitrogens is 4. The fourth-order valence-corrected chi connectivity index (χ4v) is 1.95. The Hall–Kier alpha value is -2.31. The predicted octanol–water partition coefficient (Wildman–Crippen LogP) is 1.71. The molecular formula is C13H16FN5O. The van der Waals surface area contributed by atoms with Crippen molar-refractivity contribution in [3.63, 3.8) is 0 Å². The van der Waals surface area contributed by atoms with Crippen molar-refractivity contribution in [3.8, 4) is 0 Å². The normalized spacial score (nSPS) is 13.8. The van der Waals surface area contributed by atoms with Gasteiger partial charge in [0.2, 0.25) is 5.91 Å². The number of benzene rings is 1. The summed E-state index contributed by atoms with van der Waals surface area (Å²) >= 11 is 0. The van der Waals surface area contributed by atoms with Gasteiger partial charge in [-0.3, -0.25) is 4.79 Å². The van der Waals surface area contributed by atoms with Gasteiger partial charge in [-0.2, -0.15) is 5.21 Å². The summed E-state index contributed by atoms with van der Waals surface area (Å²) in [5.74, 6) is -0.552. The van der Waals surface area contributed by atoms with Crippen LogP contribution < -0.4 is 5.32 Å². The van der Waals surface area contributed by atoms with Crippen LogP contribution in [0.15, 0.2) is 24.3 Å². The summed E-state index contributed by atoms with van der Waals surface area (Å²) in [5, 5.41) is 16.4. The third-order valence-corrected chi connectivity index (χ3v) is 3.13. The summed E-state index contributed by atoms with van der Waals surface area (Å²) in [6.07, 6.45) is 0.571. The molecule has 2 atom stereocenters. The van der Waals surface area contributed by atoms with Gasteiger partial charge in [-0.05, 0) is 31.0 Å². The number of rotatable bonds is 5. The molecule has 0 saturated heterocycles. The largest absolute Gasteiger partial charge is 0.349 e. The second kappa shape index (κ2) is 6.23. The Balaban J connectivity index is 2.04. The first-order valence-corrected chi connectivity index (χ1v) is 6.41. The van der Waals surface area contributed by atoms with E-state index < -0.39 is 5.92 Å². The molecule has 1 amide bonds. The number of nitrogens with one attached hydrogen (secondary N) is 2. The van der Waals surface area contributed by atoms with Gasteiger partial charge in [0.25, 0.3) is 0 Å². The zero-order valence-electron chi connectivity index (χ0n) is 11.3. The van der Waals surface area contributed by atoms with Crippen LogP contribution in [0, 0.1) is 5.82 Å². The highest BCUT2D eigenvalue weighted by atomic mass is 19.1. The van der Waals surface area contributed by atoms with Gasteiger partial charge in [0, 0.05) is 0 Å². The van der Waals surface area contributed by atoms with Crippen LogP contribution in [0.5, 0.6) is 0 Å². The van der Waals surface area contributed by atoms with Gasteiger partial charge in [-0.15, -0.1) is 10.2 Å². The number of hydrogen-bond acceptors (Lipinski definition) is 4. The van der Waals surface area contributed by atoms with Crippen molar-refractivity contribution in [3.05, 3.63) is 41.5 Å². The molecule has 2 aromatic rings. The molecule has 0 aliphatic rings. The molecule has 6 nitrogen and oxygen atoms in total. The molecule has 0 fully saturated rings. The minimum atomic E-state index is -0.448. The predicted molar refractivity (Wildman–Crippen MR) is 70.2 cm³/mol. The number of aromatic amines is 1. The lowest BCUT2D eigenvalue weighted by Gasteiger charge is -2.17. The Labute approximate surface area is 115 Å². The highest BCUT2D eigenvalue weighted by Crippen LogP contribution is 2.18. The Morgan fingerprint density at radius 1 is 1.40 bits per heavy atom. The monoisotopic (exact) mass is 277 g/mol. The Kier molecular flexibility index (Phi) is 4.39. The number of carbonyl (C=O) groups excluding carboxylic acids is 1. The molecule has 1 aromatic carbocycles. The molecule has 1 heterocycles. The van der Waals surface area contributed by atoms with E-state index in [1.54, 1.807) is 12.1 Å². The van der Waals surface area contributed by atoms with Gasteiger partial charge in [0.15, 0.2) is 5.82 Å². The number of hydrogen-bond donors (Lipinski definition) is 2. The van der Waals surface area contributed by atoms with Gasteiger partial charge in [0.1, 0.15) is 11.7 Å². The molecule has 1 aromatic heterocycles. The second-order valence-corrected chi connectivity index (χ2v) is 4.51. The fourth-order valence-electron chi connectivity index (χ4n) is 1.95. The number of amides is 1. The summed E-state index contributed by atoms with van der Waals surface area (Å²) in [4.78, 5) is 12.2. The number of tetrazole rings is 1. The molecule has 0 bridgehead atoms. The standard InChI is InChI=1S/C13H16FN5O/c1-3-11(12-16-18-19-17-12)13(20)15-8(2)9-4-6-10(14)7-5-9/h4-8,11H,3H2,1-2H3,(H,15,20)(H,16,17,18,19)/t8-,11?/m1/s1. The van der Waals surface area contributed by atoms with Crippen molar-refractivity contribution in [2.45, 2.75) is 32.2 Å². The summed E-state index contributed by atoms with van der Waals surface area (Å²) in [6, 6.07) is 5.82. The minimum absolute atomic E-state index is 0.175. The molecule has 20 heavy (non-hydrogen) atoms. The first-order chi connectivity index (χ1) is 9.61. The molecule has 0 aliphatic heterocycles. The summed E-state index contributed by atoms with van der Waals surface area (Å²) < 4.78 is 12.9. The first kappa shape index (κ1) is 14.1. The molecule has 0 spiro atoms. The SMILES string of the molecule is CCC(C(=O)N[C@H](C)c1ccc(F)cc1)c1nn[nH]n1. The van der Waals surface area contributed by atoms with Crippen molar-refractivity contribution < 1.29 is 9.18 Å². The maximum Gasteiger partial charge on any atom is 0.231 e. The topological polar surface area (TPSA) is 83.6 Å². The summed E-state index contributed by atoms with van der Waals surface area (Å²) in [7, 11) is 0. The molecule has 7 heteroatoms. The van der Waals surface area contributed by atoms with Crippen molar-refractivity contribution in [1.82, 2.24) is 25.9 Å². The van der Waals surface area contributed by atoms with Gasteiger partial charge in [-0.1, -0.05) is 24.3 Å². The molecule has 0 radical (unpaired) electrons. The van der Waals surface area contributed by atoms with Crippen molar-refractivity contribution in [2.24, 2.45) is 0 Å². The third kappa shape index (κ3) is 3.17. The molecule has 0 saturated carbocycles. The highest BCUT2D eigenvalue weighted by molar-refractivity contribution is 5.82. The third-order valence-electron chi connectivity index (χ3n) is 3.13. The Morgan fingerprint density at radius 3 is 2.65 bits per heavy atom. The average molecular weight is 277 g/mol. The molecule has 2 N–H and O–H groups in total. The van der Waals surface area contributed by atoms with Gasteiger partial charge in [-0.25, -0.2) is 4.39 Å². The molecule has 0 aliphatic carbocycles. The zero-order valence-corrected chi connectivity index (χ0v) is 11.3. The van der Waals surface area contributed by atoms with Crippen molar-refractivity contribution in [1.29, 1.82) is 0 Å². The van der Waals surface area contributed by atoms with E-state index in [1.165, 1.54) is 12.1 Å². The van der Waals surface area contributed by atoms with E-state index in [1.807, 2.05) is 13.8 Å². The van der Waals surface area contributed by atoms with E-state index in [-0.39, 0.29) is 17.8 Å². The van der Waals surface area contributed by atoms with Crippen LogP contribution >= 0.6 is 0 Å². The average Bonchev–Trinajstić information content (AvgIpc) is 2.94. The van der Waals surface area contributed by atoms with Crippen molar-refractivity contribution >= 4 is 5.91 Å². The fraction of sp³-hybridized carbons (Fsp3) is 0.385. The molecule has 1 unspecified atom stereocenters. The molecule has 2 rings (SSSR count). The lowest BCUT2D eigenvalue weighted by atomic mass is 10.0. The van der Waals surface area contributed by atoms with Crippen LogP contribution in [-0.4, -0.2) is 26.5 Å². The van der Waals surface area contributed by atoms with E-state index in [0.717, 1.165) is 5.56 Å². The van der Waals surface area contributed by atoms with Crippen LogP contribution in [0.2, 0.25) is 0 Å². The van der Waals surface area contributed by atoms with Crippen LogP contribution in [0.1, 0.15) is 43.6 Å². The highest BCUT2D eigenvalue weighted by Gasteiger charge is 2.24. The quantitative estimate of drug-likeness (QED) is 0.871. The number of H-pyrrole nitrogens is 1. The lowest BCUT2D eigenvalue weighted by molar-refractivity contribution is -0.123. The van der Waals surface area contributed by atoms with E-state index in [9.17, 15) is 9.18 Å². The van der Waals surface area contributed by atoms with E-state index >= 15 is 0 Å². The minimum Gasteiger partial charge on any atom is -0.349 e. The lowest BCUT2D eigenvalue weighted by Crippen LogP contribution is -2.32. The van der Waals surface area contributed by atoms with Crippen LogP contribution in [0.4, 0.5) is 4.39 Å². The Morgan fingerprint density at radius 2 is 2.10 bits per heavy atom. The van der Waals surface area contributed by atoms with E-state index in [2.05, 4.69) is 25.9 Å². The molecule has 106 valence electrons. The van der Waals surface area contributed by atoms with Crippen LogP contribution in [-0.2, 0) is 4.79 Å². The maximum atomic E-state index is 12.9. The number of carbonyl (C=O) groups is 1. The van der Waals surface area contributed by atoms with Gasteiger partial charge >= 0.3 is 0 Å². The van der Waals surface area contributed by atoms with Crippen LogP contribution in [0.3, 0.4) is 0 Å². The van der Waals surface area contributed by atoms with E-state index in [4.69, 9.17) is 0 Å². The summed E-state index contributed by atoms with van der Waals surface area (Å²) in [5.41, 5.74) is 0.836. The smallest absolute Gasteiger partial charge is 0.231 e. The van der Waals surface area contributed by atoms with Crippen LogP contribution in [0.25, 0.3) is 0 Å². The van der Waals surface area contributed by atoms with Gasteiger partial charge < -0.3 is 5.32 Å². The maximum absolute atomic E-state index is 12.9. The zero-order chi connectivity index (χ0) is 14.5. The summed E-state index contributed by atoms with van der Waals surface area (Å²) in [6.45, 7) is 3.72. The molecular weight excluding hydrogens is 261 g/mol. The number of nitrogens with zero attached hydrogens (tertiary/aromatic N) is 3. The second-order valence-electron chi connectivity index (χ2n) is 4.51. The van der Waals surface area contributed by atoms with Gasteiger partial charge in [0.05, 0.1) is 6.04 Å². The number of halogens is 1. The first-order valence-electron chi connectivity index (χ1n) is 6.41.